The molecule has 2 rings (SSSR count). The summed E-state index contributed by atoms with van der Waals surface area (Å²) in [6.45, 7) is 1.51. The highest BCUT2D eigenvalue weighted by Crippen LogP contribution is 2.27. The van der Waals surface area contributed by atoms with Crippen molar-refractivity contribution in [1.29, 1.82) is 0 Å². The van der Waals surface area contributed by atoms with Crippen LogP contribution >= 0.6 is 0 Å². The number of hydroxylamine groups is 2. The number of carbonyl (C=O) groups excluding carboxylic acids is 2. The lowest BCUT2D eigenvalue weighted by atomic mass is 10.2. The number of alkyl halides is 3. The third kappa shape index (κ3) is 4.85. The largest absolute Gasteiger partial charge is 0.473 e. The smallest absolute Gasteiger partial charge is 0.444 e. The zero-order chi connectivity index (χ0) is 18.4. The number of benzene rings is 1. The van der Waals surface area contributed by atoms with Gasteiger partial charge in [0.15, 0.2) is 0 Å². The Bertz CT molecular complexity index is 595. The summed E-state index contributed by atoms with van der Waals surface area (Å²) >= 11 is 0. The average Bonchev–Trinajstić information content (AvgIpc) is 3.06. The lowest BCUT2D eigenvalue weighted by molar-refractivity contribution is -0.247. The fraction of sp³-hybridized carbons (Fsp3) is 0.500. The molecule has 0 N–H and O–H groups in total. The van der Waals surface area contributed by atoms with E-state index in [0.717, 1.165) is 10.5 Å². The van der Waals surface area contributed by atoms with Gasteiger partial charge >= 0.3 is 18.2 Å². The Morgan fingerprint density at radius 1 is 1.28 bits per heavy atom. The van der Waals surface area contributed by atoms with Gasteiger partial charge in [-0.05, 0) is 25.3 Å². The van der Waals surface area contributed by atoms with Crippen molar-refractivity contribution in [3.8, 4) is 0 Å². The van der Waals surface area contributed by atoms with Crippen LogP contribution in [0.3, 0.4) is 0 Å². The molecule has 9 heteroatoms. The zero-order valence-electron chi connectivity index (χ0n) is 13.7. The number of carbonyl (C=O) groups is 2. The summed E-state index contributed by atoms with van der Waals surface area (Å²) in [5.74, 6) is -2.14. The van der Waals surface area contributed by atoms with Gasteiger partial charge in [0, 0.05) is 6.54 Å². The lowest BCUT2D eigenvalue weighted by Gasteiger charge is -2.33. The second-order valence-corrected chi connectivity index (χ2v) is 5.40. The van der Waals surface area contributed by atoms with Crippen molar-refractivity contribution in [2.75, 3.05) is 13.2 Å². The molecule has 0 saturated carbocycles. The Kier molecular flexibility index (Phi) is 6.24. The van der Waals surface area contributed by atoms with E-state index < -0.39 is 24.3 Å². The highest BCUT2D eigenvalue weighted by atomic mass is 19.4. The van der Waals surface area contributed by atoms with E-state index in [2.05, 4.69) is 0 Å². The van der Waals surface area contributed by atoms with Crippen molar-refractivity contribution < 1.29 is 32.3 Å². The topological polar surface area (TPSA) is 59.1 Å². The van der Waals surface area contributed by atoms with Gasteiger partial charge in [0.25, 0.3) is 0 Å². The molecule has 0 aromatic heterocycles. The zero-order valence-corrected chi connectivity index (χ0v) is 13.7. The SMILES string of the molecule is CCON(C(=O)C(F)(F)F)C1CCCN1C(=O)OCc1ccccc1. The van der Waals surface area contributed by atoms with Crippen LogP contribution < -0.4 is 0 Å². The second kappa shape index (κ2) is 8.19. The summed E-state index contributed by atoms with van der Waals surface area (Å²) in [5.41, 5.74) is 0.750. The molecule has 25 heavy (non-hydrogen) atoms. The van der Waals surface area contributed by atoms with Gasteiger partial charge in [0.2, 0.25) is 0 Å². The number of halogens is 3. The normalized spacial score (nSPS) is 17.4. The first-order valence-electron chi connectivity index (χ1n) is 7.85. The number of nitrogens with zero attached hydrogens (tertiary/aromatic N) is 2. The molecular weight excluding hydrogens is 341 g/mol. The van der Waals surface area contributed by atoms with Crippen LogP contribution in [0.25, 0.3) is 0 Å². The lowest BCUT2D eigenvalue weighted by Crippen LogP contribution is -2.53. The summed E-state index contributed by atoms with van der Waals surface area (Å²) in [7, 11) is 0. The van der Waals surface area contributed by atoms with Crippen LogP contribution in [0, 0.1) is 0 Å². The first-order valence-corrected chi connectivity index (χ1v) is 7.85. The minimum atomic E-state index is -5.09. The average molecular weight is 360 g/mol. The van der Waals surface area contributed by atoms with Crippen LogP contribution in [0.5, 0.6) is 0 Å². The Morgan fingerprint density at radius 2 is 1.96 bits per heavy atom. The summed E-state index contributed by atoms with van der Waals surface area (Å²) < 4.78 is 43.5. The molecule has 1 atom stereocenters. The van der Waals surface area contributed by atoms with Gasteiger partial charge in [-0.3, -0.25) is 14.5 Å². The van der Waals surface area contributed by atoms with Crippen LogP contribution in [0.4, 0.5) is 18.0 Å². The van der Waals surface area contributed by atoms with Gasteiger partial charge in [-0.2, -0.15) is 18.2 Å². The van der Waals surface area contributed by atoms with E-state index in [1.54, 1.807) is 24.3 Å². The van der Waals surface area contributed by atoms with Gasteiger partial charge in [0.1, 0.15) is 12.8 Å². The van der Waals surface area contributed by atoms with Crippen LogP contribution in [0.1, 0.15) is 25.3 Å². The summed E-state index contributed by atoms with van der Waals surface area (Å²) in [6.07, 6.45) is -6.39. The maximum atomic E-state index is 12.8. The number of amides is 2. The molecule has 0 radical (unpaired) electrons. The quantitative estimate of drug-likeness (QED) is 0.757. The van der Waals surface area contributed by atoms with E-state index in [0.29, 0.717) is 6.42 Å². The predicted molar refractivity (Wildman–Crippen MR) is 80.9 cm³/mol. The Morgan fingerprint density at radius 3 is 2.56 bits per heavy atom. The standard InChI is InChI=1S/C16H19F3N2O4/c1-2-25-21(14(22)16(17,18)19)13-9-6-10-20(13)15(23)24-11-12-7-4-3-5-8-12/h3-5,7-8,13H,2,6,9-11H2,1H3. The molecule has 138 valence electrons. The van der Waals surface area contributed by atoms with Crippen molar-refractivity contribution in [2.45, 2.75) is 38.7 Å². The fourth-order valence-corrected chi connectivity index (χ4v) is 2.55. The van der Waals surface area contributed by atoms with E-state index in [4.69, 9.17) is 9.57 Å². The van der Waals surface area contributed by atoms with Crippen molar-refractivity contribution in [3.05, 3.63) is 35.9 Å². The highest BCUT2D eigenvalue weighted by molar-refractivity contribution is 5.81. The molecule has 6 nitrogen and oxygen atoms in total. The molecule has 1 unspecified atom stereocenters. The van der Waals surface area contributed by atoms with Gasteiger partial charge in [-0.25, -0.2) is 4.79 Å². The fourth-order valence-electron chi connectivity index (χ4n) is 2.55. The summed E-state index contributed by atoms with van der Waals surface area (Å²) in [5, 5.41) is 0.233. The number of hydrogen-bond donors (Lipinski definition) is 0. The van der Waals surface area contributed by atoms with Gasteiger partial charge in [0.05, 0.1) is 6.61 Å². The molecule has 0 aliphatic carbocycles. The third-order valence-corrected chi connectivity index (χ3v) is 3.64. The molecule has 1 aromatic rings. The third-order valence-electron chi connectivity index (χ3n) is 3.64. The molecule has 1 aromatic carbocycles. The van der Waals surface area contributed by atoms with Gasteiger partial charge in [-0.1, -0.05) is 30.3 Å². The first-order chi connectivity index (χ1) is 11.8. The van der Waals surface area contributed by atoms with Gasteiger partial charge < -0.3 is 4.74 Å². The monoisotopic (exact) mass is 360 g/mol. The maximum Gasteiger partial charge on any atom is 0.473 e. The molecule has 1 heterocycles. The van der Waals surface area contributed by atoms with Gasteiger partial charge in [-0.15, -0.1) is 0 Å². The minimum Gasteiger partial charge on any atom is -0.444 e. The predicted octanol–water partition coefficient (Wildman–Crippen LogP) is 3.09. The van der Waals surface area contributed by atoms with Crippen LogP contribution in [-0.4, -0.2) is 47.5 Å². The second-order valence-electron chi connectivity index (χ2n) is 5.40. The van der Waals surface area contributed by atoms with E-state index in [1.807, 2.05) is 6.07 Å². The van der Waals surface area contributed by atoms with Crippen molar-refractivity contribution in [1.82, 2.24) is 9.96 Å². The summed E-state index contributed by atoms with van der Waals surface area (Å²) in [6, 6.07) is 8.88. The van der Waals surface area contributed by atoms with E-state index in [-0.39, 0.29) is 31.2 Å². The number of ether oxygens (including phenoxy) is 1. The molecule has 0 bridgehead atoms. The van der Waals surface area contributed by atoms with E-state index in [1.165, 1.54) is 6.92 Å². The van der Waals surface area contributed by atoms with E-state index in [9.17, 15) is 22.8 Å². The Balaban J connectivity index is 2.06. The summed E-state index contributed by atoms with van der Waals surface area (Å²) in [4.78, 5) is 29.8. The Hall–Kier alpha value is -2.29. The van der Waals surface area contributed by atoms with Crippen LogP contribution in [0.15, 0.2) is 30.3 Å². The van der Waals surface area contributed by atoms with Crippen LogP contribution in [0.2, 0.25) is 0 Å². The van der Waals surface area contributed by atoms with E-state index >= 15 is 0 Å². The first kappa shape index (κ1) is 19.0. The molecule has 0 spiro atoms. The molecular formula is C16H19F3N2O4. The number of likely N-dealkylation sites (tertiary alicyclic amines) is 1. The number of rotatable bonds is 5. The maximum absolute atomic E-state index is 12.8. The van der Waals surface area contributed by atoms with Crippen molar-refractivity contribution in [3.63, 3.8) is 0 Å². The minimum absolute atomic E-state index is 0.00918. The van der Waals surface area contributed by atoms with Crippen molar-refractivity contribution >= 4 is 12.0 Å². The molecule has 1 saturated heterocycles. The molecule has 2 amide bonds. The van der Waals surface area contributed by atoms with Crippen molar-refractivity contribution in [2.24, 2.45) is 0 Å². The molecule has 1 aliphatic rings. The highest BCUT2D eigenvalue weighted by Gasteiger charge is 2.48. The molecule has 1 fully saturated rings. The molecule has 1 aliphatic heterocycles. The number of hydrogen-bond acceptors (Lipinski definition) is 4. The Labute approximate surface area is 143 Å². The van der Waals surface area contributed by atoms with Crippen LogP contribution in [-0.2, 0) is 21.0 Å².